The van der Waals surface area contributed by atoms with Gasteiger partial charge >= 0.3 is 18.4 Å². The number of nitrogens with one attached hydrogen (secondary N) is 3. The van der Waals surface area contributed by atoms with E-state index in [9.17, 15) is 31.1 Å². The van der Waals surface area contributed by atoms with Gasteiger partial charge in [-0.15, -0.1) is 0 Å². The third-order valence-electron chi connectivity index (χ3n) is 4.78. The molecule has 3 N–H and O–H groups in total. The average Bonchev–Trinajstić information content (AvgIpc) is 3.20. The maximum Gasteiger partial charge on any atom is 0.412 e. The normalized spacial score (nSPS) is 16.2. The number of fused-ring (bicyclic) bond motifs is 1. The highest BCUT2D eigenvalue weighted by atomic mass is 19.4. The zero-order chi connectivity index (χ0) is 24.5. The lowest BCUT2D eigenvalue weighted by atomic mass is 10.1. The van der Waals surface area contributed by atoms with Crippen LogP contribution in [0.25, 0.3) is 16.9 Å². The molecular formula is C21H16F6N6O. The molecule has 4 rings (SSSR count). The Morgan fingerprint density at radius 1 is 1.09 bits per heavy atom. The van der Waals surface area contributed by atoms with E-state index in [-0.39, 0.29) is 11.5 Å². The van der Waals surface area contributed by atoms with Gasteiger partial charge in [-0.2, -0.15) is 26.3 Å². The number of halogens is 6. The quantitative estimate of drug-likeness (QED) is 0.480. The summed E-state index contributed by atoms with van der Waals surface area (Å²) >= 11 is 0. The summed E-state index contributed by atoms with van der Waals surface area (Å²) < 4.78 is 77.5. The van der Waals surface area contributed by atoms with E-state index in [2.05, 4.69) is 20.6 Å². The number of rotatable bonds is 4. The van der Waals surface area contributed by atoms with Crippen LogP contribution in [0.2, 0.25) is 0 Å². The standard InChI is InChI=1S/C21H16F6N6O/c22-20(23,24)11-30-19(34)31-14-3-1-2-12(8-14)15-10-29-17-9-13(5-7-33(15)17)18-28-6-4-16(32-18)21(25,26)27/h1-10,16H,11H2,(H,28,32)(H2,30,31,34). The second-order valence-electron chi connectivity index (χ2n) is 7.27. The smallest absolute Gasteiger partial charge is 0.355 e. The minimum atomic E-state index is -4.53. The molecule has 0 spiro atoms. The molecule has 178 valence electrons. The highest BCUT2D eigenvalue weighted by molar-refractivity contribution is 6.00. The fourth-order valence-electron chi connectivity index (χ4n) is 3.24. The second kappa shape index (κ2) is 8.72. The number of alkyl halides is 6. The Morgan fingerprint density at radius 2 is 1.88 bits per heavy atom. The highest BCUT2D eigenvalue weighted by Gasteiger charge is 2.39. The van der Waals surface area contributed by atoms with E-state index < -0.39 is 31.0 Å². The number of aliphatic imine (C=N–C) groups is 1. The van der Waals surface area contributed by atoms with E-state index in [0.717, 1.165) is 12.3 Å². The van der Waals surface area contributed by atoms with E-state index in [1.54, 1.807) is 46.2 Å². The van der Waals surface area contributed by atoms with E-state index >= 15 is 0 Å². The molecule has 0 radical (unpaired) electrons. The molecule has 2 amide bonds. The number of hydrogen-bond donors (Lipinski definition) is 3. The first-order valence-electron chi connectivity index (χ1n) is 9.77. The number of pyridine rings is 1. The molecule has 1 aliphatic rings. The average molecular weight is 482 g/mol. The van der Waals surface area contributed by atoms with Gasteiger partial charge in [-0.25, -0.2) is 14.8 Å². The van der Waals surface area contributed by atoms with Crippen LogP contribution >= 0.6 is 0 Å². The van der Waals surface area contributed by atoms with Crippen molar-refractivity contribution in [3.8, 4) is 11.3 Å². The van der Waals surface area contributed by atoms with Gasteiger partial charge in [0, 0.05) is 29.2 Å². The zero-order valence-electron chi connectivity index (χ0n) is 17.1. The molecule has 0 fully saturated rings. The Hall–Kier alpha value is -4.03. The maximum absolute atomic E-state index is 13.0. The molecule has 3 aromatic rings. The van der Waals surface area contributed by atoms with Gasteiger partial charge in [0.2, 0.25) is 0 Å². The maximum atomic E-state index is 13.0. The molecule has 34 heavy (non-hydrogen) atoms. The van der Waals surface area contributed by atoms with Crippen LogP contribution in [0.4, 0.5) is 36.8 Å². The van der Waals surface area contributed by atoms with Gasteiger partial charge in [0.05, 0.1) is 11.9 Å². The molecule has 1 aromatic carbocycles. The van der Waals surface area contributed by atoms with Gasteiger partial charge in [0.15, 0.2) is 0 Å². The number of carbonyl (C=O) groups excluding carboxylic acids is 1. The van der Waals surface area contributed by atoms with Crippen LogP contribution in [-0.2, 0) is 0 Å². The number of carbonyl (C=O) groups is 1. The van der Waals surface area contributed by atoms with Crippen molar-refractivity contribution in [3.05, 3.63) is 66.6 Å². The molecule has 0 aliphatic carbocycles. The minimum absolute atomic E-state index is 0.0490. The van der Waals surface area contributed by atoms with Gasteiger partial charge in [0.25, 0.3) is 0 Å². The van der Waals surface area contributed by atoms with Gasteiger partial charge < -0.3 is 16.0 Å². The SMILES string of the molecule is O=C(NCC(F)(F)F)Nc1cccc(-c2cnc3cc(C4=NC=CC(C(F)(F)F)N4)ccn23)c1. The summed E-state index contributed by atoms with van der Waals surface area (Å²) in [5.41, 5.74) is 2.28. The number of imidazole rings is 1. The number of hydrogen-bond acceptors (Lipinski definition) is 4. The van der Waals surface area contributed by atoms with Gasteiger partial charge in [0.1, 0.15) is 24.1 Å². The molecule has 0 saturated carbocycles. The summed E-state index contributed by atoms with van der Waals surface area (Å²) in [7, 11) is 0. The van der Waals surface area contributed by atoms with E-state index in [0.29, 0.717) is 22.5 Å². The fraction of sp³-hybridized carbons (Fsp3) is 0.190. The molecule has 1 atom stereocenters. The largest absolute Gasteiger partial charge is 0.412 e. The van der Waals surface area contributed by atoms with Crippen molar-refractivity contribution in [2.24, 2.45) is 4.99 Å². The van der Waals surface area contributed by atoms with Crippen LogP contribution in [0.3, 0.4) is 0 Å². The Balaban J connectivity index is 1.54. The molecule has 1 unspecified atom stereocenters. The third-order valence-corrected chi connectivity index (χ3v) is 4.78. The summed E-state index contributed by atoms with van der Waals surface area (Å²) in [5, 5.41) is 6.39. The van der Waals surface area contributed by atoms with Crippen molar-refractivity contribution in [2.75, 3.05) is 11.9 Å². The first kappa shape index (κ1) is 23.1. The predicted molar refractivity (Wildman–Crippen MR) is 112 cm³/mol. The molecule has 3 heterocycles. The van der Waals surface area contributed by atoms with Crippen molar-refractivity contribution < 1.29 is 31.1 Å². The van der Waals surface area contributed by atoms with Crippen molar-refractivity contribution in [2.45, 2.75) is 18.4 Å². The van der Waals surface area contributed by atoms with E-state index in [4.69, 9.17) is 0 Å². The molecule has 13 heteroatoms. The van der Waals surface area contributed by atoms with Gasteiger partial charge in [-0.1, -0.05) is 12.1 Å². The van der Waals surface area contributed by atoms with Crippen molar-refractivity contribution in [1.29, 1.82) is 0 Å². The topological polar surface area (TPSA) is 82.8 Å². The van der Waals surface area contributed by atoms with Crippen molar-refractivity contribution in [1.82, 2.24) is 20.0 Å². The van der Waals surface area contributed by atoms with Crippen LogP contribution < -0.4 is 16.0 Å². The number of nitrogens with zero attached hydrogens (tertiary/aromatic N) is 3. The first-order chi connectivity index (χ1) is 16.0. The lowest BCUT2D eigenvalue weighted by Gasteiger charge is -2.23. The lowest BCUT2D eigenvalue weighted by Crippen LogP contribution is -2.45. The molecule has 2 aromatic heterocycles. The number of urea groups is 1. The lowest BCUT2D eigenvalue weighted by molar-refractivity contribution is -0.141. The Morgan fingerprint density at radius 3 is 2.62 bits per heavy atom. The summed E-state index contributed by atoms with van der Waals surface area (Å²) in [6.07, 6.45) is -3.86. The van der Waals surface area contributed by atoms with Gasteiger partial charge in [-0.3, -0.25) is 4.40 Å². The van der Waals surface area contributed by atoms with Crippen LogP contribution in [-0.4, -0.2) is 46.2 Å². The molecule has 1 aliphatic heterocycles. The minimum Gasteiger partial charge on any atom is -0.355 e. The van der Waals surface area contributed by atoms with E-state index in [1.807, 2.05) is 0 Å². The van der Waals surface area contributed by atoms with Crippen molar-refractivity contribution >= 4 is 23.2 Å². The summed E-state index contributed by atoms with van der Waals surface area (Å²) in [4.78, 5) is 20.0. The van der Waals surface area contributed by atoms with Crippen LogP contribution in [0, 0.1) is 0 Å². The monoisotopic (exact) mass is 482 g/mol. The number of amidine groups is 1. The zero-order valence-corrected chi connectivity index (χ0v) is 17.1. The Bertz CT molecular complexity index is 1280. The summed E-state index contributed by atoms with van der Waals surface area (Å²) in [6.45, 7) is -1.46. The molecule has 0 saturated heterocycles. The van der Waals surface area contributed by atoms with Crippen LogP contribution in [0.15, 0.2) is 66.1 Å². The molecular weight excluding hydrogens is 466 g/mol. The first-order valence-corrected chi connectivity index (χ1v) is 9.77. The number of amides is 2. The van der Waals surface area contributed by atoms with Crippen molar-refractivity contribution in [3.63, 3.8) is 0 Å². The highest BCUT2D eigenvalue weighted by Crippen LogP contribution is 2.26. The van der Waals surface area contributed by atoms with E-state index in [1.165, 1.54) is 12.3 Å². The number of benzene rings is 1. The van der Waals surface area contributed by atoms with Crippen LogP contribution in [0.1, 0.15) is 5.56 Å². The van der Waals surface area contributed by atoms with Gasteiger partial charge in [-0.05, 0) is 30.3 Å². The number of anilines is 1. The molecule has 0 bridgehead atoms. The number of aromatic nitrogens is 2. The molecule has 7 nitrogen and oxygen atoms in total. The third kappa shape index (κ3) is 5.30. The second-order valence-corrected chi connectivity index (χ2v) is 7.27. The van der Waals surface area contributed by atoms with Crippen LogP contribution in [0.5, 0.6) is 0 Å². The summed E-state index contributed by atoms with van der Waals surface area (Å²) in [5.74, 6) is 0.0490. The Kier molecular flexibility index (Phi) is 5.94. The fourth-order valence-corrected chi connectivity index (χ4v) is 3.24. The Labute approximate surface area is 188 Å². The summed E-state index contributed by atoms with van der Waals surface area (Å²) in [6, 6.07) is 6.65. The predicted octanol–water partition coefficient (Wildman–Crippen LogP) is 4.48.